The van der Waals surface area contributed by atoms with Crippen molar-refractivity contribution in [1.82, 2.24) is 4.72 Å². The molecule has 0 aromatic heterocycles. The van der Waals surface area contributed by atoms with Gasteiger partial charge in [-0.15, -0.1) is 0 Å². The SMILES string of the molecule is CC(C)OC(=O)NS(=O)(=O)Nc1cccc(OCCN)c1. The largest absolute Gasteiger partial charge is 0.492 e. The molecule has 0 saturated heterocycles. The minimum atomic E-state index is -4.07. The fourth-order valence-corrected chi connectivity index (χ4v) is 2.11. The number of nitrogens with two attached hydrogens (primary N) is 1. The van der Waals surface area contributed by atoms with Crippen molar-refractivity contribution in [2.45, 2.75) is 20.0 Å². The van der Waals surface area contributed by atoms with E-state index in [1.807, 2.05) is 0 Å². The van der Waals surface area contributed by atoms with Gasteiger partial charge in [-0.3, -0.25) is 4.72 Å². The van der Waals surface area contributed by atoms with Gasteiger partial charge in [-0.25, -0.2) is 9.52 Å². The smallest absolute Gasteiger partial charge is 0.422 e. The van der Waals surface area contributed by atoms with Crippen LogP contribution in [-0.4, -0.2) is 33.8 Å². The Morgan fingerprint density at radius 3 is 2.71 bits per heavy atom. The van der Waals surface area contributed by atoms with E-state index >= 15 is 0 Å². The number of ether oxygens (including phenoxy) is 2. The van der Waals surface area contributed by atoms with Crippen molar-refractivity contribution in [2.24, 2.45) is 5.73 Å². The van der Waals surface area contributed by atoms with E-state index in [4.69, 9.17) is 15.2 Å². The fourth-order valence-electron chi connectivity index (χ4n) is 1.35. The van der Waals surface area contributed by atoms with Crippen molar-refractivity contribution in [3.63, 3.8) is 0 Å². The summed E-state index contributed by atoms with van der Waals surface area (Å²) in [6, 6.07) is 6.26. The lowest BCUT2D eigenvalue weighted by molar-refractivity contribution is 0.121. The number of rotatable bonds is 7. The lowest BCUT2D eigenvalue weighted by Crippen LogP contribution is -2.36. The molecule has 0 aliphatic carbocycles. The van der Waals surface area contributed by atoms with Gasteiger partial charge in [-0.2, -0.15) is 8.42 Å². The zero-order valence-corrected chi connectivity index (χ0v) is 12.6. The summed E-state index contributed by atoms with van der Waals surface area (Å²) in [4.78, 5) is 11.3. The summed E-state index contributed by atoms with van der Waals surface area (Å²) >= 11 is 0. The molecule has 0 saturated carbocycles. The van der Waals surface area contributed by atoms with Crippen molar-refractivity contribution < 1.29 is 22.7 Å². The molecule has 1 aromatic carbocycles. The number of benzene rings is 1. The van der Waals surface area contributed by atoms with Crippen LogP contribution >= 0.6 is 0 Å². The number of hydrogen-bond acceptors (Lipinski definition) is 6. The van der Waals surface area contributed by atoms with Gasteiger partial charge >= 0.3 is 16.3 Å². The summed E-state index contributed by atoms with van der Waals surface area (Å²) in [5.74, 6) is 0.463. The molecule has 0 atom stereocenters. The standard InChI is InChI=1S/C12H19N3O5S/c1-9(2)20-12(16)15-21(17,18)14-10-4-3-5-11(8-10)19-7-6-13/h3-5,8-9,14H,6-7,13H2,1-2H3,(H,15,16). The molecule has 0 radical (unpaired) electrons. The monoisotopic (exact) mass is 317 g/mol. The number of hydrogen-bond donors (Lipinski definition) is 3. The first kappa shape index (κ1) is 17.1. The van der Waals surface area contributed by atoms with Crippen LogP contribution in [0.2, 0.25) is 0 Å². The van der Waals surface area contributed by atoms with Crippen LogP contribution in [0.15, 0.2) is 24.3 Å². The lowest BCUT2D eigenvalue weighted by Gasteiger charge is -2.12. The van der Waals surface area contributed by atoms with Gasteiger partial charge in [0.1, 0.15) is 12.4 Å². The first-order chi connectivity index (χ1) is 9.82. The van der Waals surface area contributed by atoms with Crippen LogP contribution in [0.3, 0.4) is 0 Å². The fraction of sp³-hybridized carbons (Fsp3) is 0.417. The molecule has 0 aliphatic rings. The third-order valence-corrected chi connectivity index (χ3v) is 2.97. The van der Waals surface area contributed by atoms with Crippen LogP contribution < -0.4 is 19.9 Å². The predicted octanol–water partition coefficient (Wildman–Crippen LogP) is 0.815. The van der Waals surface area contributed by atoms with Gasteiger partial charge in [0.15, 0.2) is 0 Å². The molecule has 0 fully saturated rings. The number of carbonyl (C=O) groups is 1. The van der Waals surface area contributed by atoms with Crippen LogP contribution in [0.4, 0.5) is 10.5 Å². The Morgan fingerprint density at radius 2 is 2.10 bits per heavy atom. The highest BCUT2D eigenvalue weighted by atomic mass is 32.2. The van der Waals surface area contributed by atoms with Crippen molar-refractivity contribution in [3.8, 4) is 5.75 Å². The Kier molecular flexibility index (Phi) is 6.25. The summed E-state index contributed by atoms with van der Waals surface area (Å²) < 4.78 is 37.4. The van der Waals surface area contributed by atoms with Crippen LogP contribution in [0.5, 0.6) is 5.75 Å². The van der Waals surface area contributed by atoms with Gasteiger partial charge in [-0.05, 0) is 26.0 Å². The maximum Gasteiger partial charge on any atom is 0.422 e. The topological polar surface area (TPSA) is 120 Å². The lowest BCUT2D eigenvalue weighted by atomic mass is 10.3. The molecule has 8 nitrogen and oxygen atoms in total. The van der Waals surface area contributed by atoms with E-state index in [2.05, 4.69) is 4.72 Å². The third kappa shape index (κ3) is 6.82. The van der Waals surface area contributed by atoms with Gasteiger partial charge in [0, 0.05) is 12.6 Å². The Morgan fingerprint density at radius 1 is 1.38 bits per heavy atom. The second-order valence-electron chi connectivity index (χ2n) is 4.33. The highest BCUT2D eigenvalue weighted by Gasteiger charge is 2.16. The van der Waals surface area contributed by atoms with E-state index in [1.54, 1.807) is 30.7 Å². The van der Waals surface area contributed by atoms with Gasteiger partial charge < -0.3 is 15.2 Å². The van der Waals surface area contributed by atoms with Gasteiger partial charge in [-0.1, -0.05) is 6.07 Å². The Labute approximate surface area is 123 Å². The highest BCUT2D eigenvalue weighted by Crippen LogP contribution is 2.17. The van der Waals surface area contributed by atoms with Gasteiger partial charge in [0.2, 0.25) is 0 Å². The molecule has 21 heavy (non-hydrogen) atoms. The number of nitrogens with one attached hydrogen (secondary N) is 2. The Hall–Kier alpha value is -2.00. The quantitative estimate of drug-likeness (QED) is 0.684. The summed E-state index contributed by atoms with van der Waals surface area (Å²) in [6.07, 6.45) is -1.47. The van der Waals surface area contributed by atoms with Crippen LogP contribution in [-0.2, 0) is 14.9 Å². The van der Waals surface area contributed by atoms with Crippen LogP contribution in [0.1, 0.15) is 13.8 Å². The summed E-state index contributed by atoms with van der Waals surface area (Å²) in [7, 11) is -4.07. The molecular formula is C12H19N3O5S. The van der Waals surface area contributed by atoms with E-state index in [-0.39, 0.29) is 5.69 Å². The average Bonchev–Trinajstić information content (AvgIpc) is 2.34. The van der Waals surface area contributed by atoms with E-state index in [9.17, 15) is 13.2 Å². The number of amides is 1. The summed E-state index contributed by atoms with van der Waals surface area (Å²) in [5.41, 5.74) is 5.56. The molecule has 0 aliphatic heterocycles. The molecule has 9 heteroatoms. The van der Waals surface area contributed by atoms with E-state index in [0.29, 0.717) is 18.9 Å². The molecule has 4 N–H and O–H groups in total. The van der Waals surface area contributed by atoms with Crippen LogP contribution in [0.25, 0.3) is 0 Å². The summed E-state index contributed by atoms with van der Waals surface area (Å²) in [5, 5.41) is 0. The van der Waals surface area contributed by atoms with E-state index < -0.39 is 22.4 Å². The molecule has 1 amide bonds. The maximum absolute atomic E-state index is 11.7. The predicted molar refractivity (Wildman–Crippen MR) is 78.3 cm³/mol. The molecule has 1 rings (SSSR count). The van der Waals surface area contributed by atoms with Gasteiger partial charge in [0.05, 0.1) is 11.8 Å². The molecule has 0 heterocycles. The Balaban J connectivity index is 2.68. The normalized spacial score (nSPS) is 11.0. The molecule has 0 unspecified atom stereocenters. The first-order valence-electron chi connectivity index (χ1n) is 6.26. The van der Waals surface area contributed by atoms with Crippen molar-refractivity contribution in [1.29, 1.82) is 0 Å². The van der Waals surface area contributed by atoms with Crippen LogP contribution in [0, 0.1) is 0 Å². The molecule has 118 valence electrons. The molecule has 1 aromatic rings. The van der Waals surface area contributed by atoms with Crippen molar-refractivity contribution >= 4 is 22.0 Å². The van der Waals surface area contributed by atoms with E-state index in [1.165, 1.54) is 12.1 Å². The minimum absolute atomic E-state index is 0.245. The molecule has 0 bridgehead atoms. The Bertz CT molecular complexity index is 574. The summed E-state index contributed by atoms with van der Waals surface area (Å²) in [6.45, 7) is 3.88. The van der Waals surface area contributed by atoms with Gasteiger partial charge in [0.25, 0.3) is 0 Å². The molecular weight excluding hydrogens is 298 g/mol. The second kappa shape index (κ2) is 7.70. The van der Waals surface area contributed by atoms with E-state index in [0.717, 1.165) is 0 Å². The first-order valence-corrected chi connectivity index (χ1v) is 7.75. The van der Waals surface area contributed by atoms with Crippen molar-refractivity contribution in [3.05, 3.63) is 24.3 Å². The minimum Gasteiger partial charge on any atom is -0.492 e. The maximum atomic E-state index is 11.7. The number of anilines is 1. The highest BCUT2D eigenvalue weighted by molar-refractivity contribution is 7.91. The zero-order valence-electron chi connectivity index (χ0n) is 11.8. The van der Waals surface area contributed by atoms with Crippen molar-refractivity contribution in [2.75, 3.05) is 17.9 Å². The number of carbonyl (C=O) groups excluding carboxylic acids is 1. The molecule has 0 spiro atoms. The average molecular weight is 317 g/mol. The third-order valence-electron chi connectivity index (χ3n) is 2.03. The zero-order chi connectivity index (χ0) is 15.9. The second-order valence-corrected chi connectivity index (χ2v) is 5.74.